The summed E-state index contributed by atoms with van der Waals surface area (Å²) in [7, 11) is 0. The molecule has 100 valence electrons. The number of likely N-dealkylation sites (tertiary alicyclic amines) is 1. The maximum atomic E-state index is 11.5. The van der Waals surface area contributed by atoms with Crippen LogP contribution in [-0.4, -0.2) is 38.7 Å². The number of carboxylic acid groups (broad SMARTS) is 1. The Morgan fingerprint density at radius 2 is 2.39 bits per heavy atom. The van der Waals surface area contributed by atoms with Crippen LogP contribution >= 0.6 is 23.1 Å². The standard InChI is InChI=1S/C11H16ClN3O2S/c1-7(2)11(10(16)17)3-4-15(6-11)5-8-9(12)18-14-13-8/h7H,3-6H2,1-2H3,(H,16,17). The first-order valence-corrected chi connectivity index (χ1v) is 7.03. The Labute approximate surface area is 115 Å². The highest BCUT2D eigenvalue weighted by molar-refractivity contribution is 7.10. The summed E-state index contributed by atoms with van der Waals surface area (Å²) in [6.45, 7) is 5.83. The van der Waals surface area contributed by atoms with E-state index in [9.17, 15) is 9.90 Å². The largest absolute Gasteiger partial charge is 0.481 e. The Bertz CT molecular complexity index is 451. The Hall–Kier alpha value is -0.720. The number of aromatic nitrogens is 2. The molecular weight excluding hydrogens is 274 g/mol. The van der Waals surface area contributed by atoms with Gasteiger partial charge in [-0.25, -0.2) is 0 Å². The first kappa shape index (κ1) is 13.7. The third kappa shape index (κ3) is 2.37. The molecule has 1 aromatic rings. The summed E-state index contributed by atoms with van der Waals surface area (Å²) in [6.07, 6.45) is 0.676. The van der Waals surface area contributed by atoms with Gasteiger partial charge in [0.2, 0.25) is 0 Å². The number of halogens is 1. The molecule has 1 fully saturated rings. The van der Waals surface area contributed by atoms with E-state index in [0.717, 1.165) is 23.8 Å². The minimum absolute atomic E-state index is 0.115. The molecule has 1 atom stereocenters. The summed E-state index contributed by atoms with van der Waals surface area (Å²) in [5.74, 6) is -0.591. The van der Waals surface area contributed by atoms with Gasteiger partial charge in [-0.2, -0.15) is 0 Å². The van der Waals surface area contributed by atoms with Crippen molar-refractivity contribution < 1.29 is 9.90 Å². The fourth-order valence-electron chi connectivity index (χ4n) is 2.45. The van der Waals surface area contributed by atoms with E-state index in [4.69, 9.17) is 11.6 Å². The van der Waals surface area contributed by atoms with E-state index in [1.54, 1.807) is 0 Å². The minimum atomic E-state index is -0.706. The Morgan fingerprint density at radius 1 is 1.67 bits per heavy atom. The summed E-state index contributed by atoms with van der Waals surface area (Å²) in [6, 6.07) is 0. The number of rotatable bonds is 4. The molecule has 2 heterocycles. The minimum Gasteiger partial charge on any atom is -0.481 e. The highest BCUT2D eigenvalue weighted by atomic mass is 35.5. The molecule has 7 heteroatoms. The quantitative estimate of drug-likeness (QED) is 0.920. The third-order valence-electron chi connectivity index (χ3n) is 3.79. The van der Waals surface area contributed by atoms with Crippen LogP contribution in [0.25, 0.3) is 0 Å². The van der Waals surface area contributed by atoms with Gasteiger partial charge in [0.1, 0.15) is 10.0 Å². The summed E-state index contributed by atoms with van der Waals surface area (Å²) >= 11 is 7.13. The van der Waals surface area contributed by atoms with Crippen LogP contribution < -0.4 is 0 Å². The fraction of sp³-hybridized carbons (Fsp3) is 0.727. The molecule has 5 nitrogen and oxygen atoms in total. The van der Waals surface area contributed by atoms with Gasteiger partial charge in [0.25, 0.3) is 0 Å². The molecule has 18 heavy (non-hydrogen) atoms. The van der Waals surface area contributed by atoms with Crippen LogP contribution in [0.4, 0.5) is 0 Å². The van der Waals surface area contributed by atoms with Gasteiger partial charge in [-0.3, -0.25) is 9.69 Å². The van der Waals surface area contributed by atoms with Crippen molar-refractivity contribution in [2.75, 3.05) is 13.1 Å². The van der Waals surface area contributed by atoms with Gasteiger partial charge >= 0.3 is 5.97 Å². The van der Waals surface area contributed by atoms with Crippen molar-refractivity contribution in [2.45, 2.75) is 26.8 Å². The second-order valence-electron chi connectivity index (χ2n) is 5.07. The highest BCUT2D eigenvalue weighted by Gasteiger charge is 2.47. The lowest BCUT2D eigenvalue weighted by Crippen LogP contribution is -2.39. The average Bonchev–Trinajstić information content (AvgIpc) is 2.88. The number of carboxylic acids is 1. The molecule has 1 aliphatic heterocycles. The van der Waals surface area contributed by atoms with E-state index < -0.39 is 11.4 Å². The molecule has 0 aromatic carbocycles. The summed E-state index contributed by atoms with van der Waals surface area (Å²) in [5, 5.41) is 13.4. The third-order valence-corrected chi connectivity index (χ3v) is 4.78. The van der Waals surface area contributed by atoms with Crippen molar-refractivity contribution in [3.05, 3.63) is 10.0 Å². The number of nitrogens with zero attached hydrogens (tertiary/aromatic N) is 3. The SMILES string of the molecule is CC(C)C1(C(=O)O)CCN(Cc2nnsc2Cl)C1. The first-order chi connectivity index (χ1) is 8.45. The average molecular weight is 290 g/mol. The van der Waals surface area contributed by atoms with Crippen LogP contribution in [0.15, 0.2) is 0 Å². The molecule has 0 radical (unpaired) electrons. The lowest BCUT2D eigenvalue weighted by atomic mass is 9.76. The van der Waals surface area contributed by atoms with Crippen molar-refractivity contribution in [1.82, 2.24) is 14.5 Å². The van der Waals surface area contributed by atoms with E-state index in [1.807, 2.05) is 13.8 Å². The van der Waals surface area contributed by atoms with E-state index in [0.29, 0.717) is 23.8 Å². The molecule has 1 N–H and O–H groups in total. The van der Waals surface area contributed by atoms with Crippen molar-refractivity contribution in [3.8, 4) is 0 Å². The van der Waals surface area contributed by atoms with Gasteiger partial charge in [-0.05, 0) is 18.9 Å². The van der Waals surface area contributed by atoms with E-state index >= 15 is 0 Å². The Balaban J connectivity index is 2.08. The molecule has 2 rings (SSSR count). The van der Waals surface area contributed by atoms with Gasteiger partial charge in [0, 0.05) is 24.6 Å². The van der Waals surface area contributed by atoms with Crippen molar-refractivity contribution >= 4 is 29.1 Å². The zero-order valence-corrected chi connectivity index (χ0v) is 12.0. The topological polar surface area (TPSA) is 66.3 Å². The van der Waals surface area contributed by atoms with Crippen molar-refractivity contribution in [3.63, 3.8) is 0 Å². The zero-order chi connectivity index (χ0) is 13.3. The Morgan fingerprint density at radius 3 is 2.83 bits per heavy atom. The van der Waals surface area contributed by atoms with E-state index in [1.165, 1.54) is 0 Å². The summed E-state index contributed by atoms with van der Waals surface area (Å²) < 4.78 is 4.38. The van der Waals surface area contributed by atoms with Gasteiger partial charge in [0.15, 0.2) is 0 Å². The van der Waals surface area contributed by atoms with E-state index in [2.05, 4.69) is 14.5 Å². The maximum Gasteiger partial charge on any atom is 0.311 e. The number of carbonyl (C=O) groups is 1. The van der Waals surface area contributed by atoms with Crippen LogP contribution in [0.2, 0.25) is 4.34 Å². The van der Waals surface area contributed by atoms with Gasteiger partial charge < -0.3 is 5.11 Å². The van der Waals surface area contributed by atoms with Crippen molar-refractivity contribution in [2.24, 2.45) is 11.3 Å². The number of hydrogen-bond donors (Lipinski definition) is 1. The molecule has 1 saturated heterocycles. The lowest BCUT2D eigenvalue weighted by molar-refractivity contribution is -0.151. The number of hydrogen-bond acceptors (Lipinski definition) is 5. The van der Waals surface area contributed by atoms with Crippen molar-refractivity contribution in [1.29, 1.82) is 0 Å². The summed E-state index contributed by atoms with van der Waals surface area (Å²) in [5.41, 5.74) is 0.0993. The second kappa shape index (κ2) is 5.11. The molecular formula is C11H16ClN3O2S. The van der Waals surface area contributed by atoms with E-state index in [-0.39, 0.29) is 5.92 Å². The zero-order valence-electron chi connectivity index (χ0n) is 10.4. The Kier molecular flexibility index (Phi) is 3.89. The predicted molar refractivity (Wildman–Crippen MR) is 69.7 cm³/mol. The van der Waals surface area contributed by atoms with Crippen LogP contribution in [0, 0.1) is 11.3 Å². The maximum absolute atomic E-state index is 11.5. The number of aliphatic carboxylic acids is 1. The van der Waals surface area contributed by atoms with Crippen LogP contribution in [0.5, 0.6) is 0 Å². The molecule has 1 unspecified atom stereocenters. The molecule has 0 spiro atoms. The molecule has 0 amide bonds. The second-order valence-corrected chi connectivity index (χ2v) is 6.43. The predicted octanol–water partition coefficient (Wildman–Crippen LogP) is 2.12. The molecule has 0 aliphatic carbocycles. The molecule has 1 aromatic heterocycles. The van der Waals surface area contributed by atoms with Gasteiger partial charge in [0.05, 0.1) is 5.41 Å². The molecule has 0 bridgehead atoms. The van der Waals surface area contributed by atoms with Crippen LogP contribution in [0.3, 0.4) is 0 Å². The molecule has 0 saturated carbocycles. The van der Waals surface area contributed by atoms with Crippen LogP contribution in [0.1, 0.15) is 26.0 Å². The molecule has 1 aliphatic rings. The normalized spacial score (nSPS) is 24.9. The fourth-order valence-corrected chi connectivity index (χ4v) is 3.06. The monoisotopic (exact) mass is 289 g/mol. The lowest BCUT2D eigenvalue weighted by Gasteiger charge is -2.28. The smallest absolute Gasteiger partial charge is 0.311 e. The highest BCUT2D eigenvalue weighted by Crippen LogP contribution is 2.38. The van der Waals surface area contributed by atoms with Gasteiger partial charge in [-0.15, -0.1) is 5.10 Å². The summed E-state index contributed by atoms with van der Waals surface area (Å²) in [4.78, 5) is 13.6. The van der Waals surface area contributed by atoms with Crippen LogP contribution in [-0.2, 0) is 11.3 Å². The first-order valence-electron chi connectivity index (χ1n) is 5.88. The van der Waals surface area contributed by atoms with Gasteiger partial charge in [-0.1, -0.05) is 29.9 Å².